The summed E-state index contributed by atoms with van der Waals surface area (Å²) in [6.07, 6.45) is 17.7. The molecule has 4 nitrogen and oxygen atoms in total. The van der Waals surface area contributed by atoms with Crippen LogP contribution in [0.1, 0.15) is 89.9 Å². The van der Waals surface area contributed by atoms with Gasteiger partial charge in [-0.05, 0) is 125 Å². The predicted octanol–water partition coefficient (Wildman–Crippen LogP) is 4.87. The number of carbonyl (C=O) groups excluding carboxylic acids is 2. The minimum atomic E-state index is -0.0121. The number of carbonyl (C=O) groups is 2. The number of Topliss-reactive ketones (excluding diaryl/α,β-unsaturated/α-hetero) is 2. The first-order valence-corrected chi connectivity index (χ1v) is 14.1. The predicted molar refractivity (Wildman–Crippen MR) is 124 cm³/mol. The second-order valence-corrected chi connectivity index (χ2v) is 13.7. The van der Waals surface area contributed by atoms with Gasteiger partial charge in [-0.25, -0.2) is 10.0 Å². The summed E-state index contributed by atoms with van der Waals surface area (Å²) in [6, 6.07) is 0. The molecule has 0 aromatic rings. The Bertz CT molecular complexity index is 667. The molecular weight excluding hydrogens is 396 g/mol. The molecule has 8 bridgehead atoms. The Morgan fingerprint density at radius 1 is 0.531 bits per heavy atom. The van der Waals surface area contributed by atoms with E-state index < -0.39 is 0 Å². The fraction of sp³-hybridized carbons (Fsp3) is 0.929. The molecule has 1 saturated heterocycles. The maximum Gasteiger partial charge on any atom is 0.154 e. The van der Waals surface area contributed by atoms with Gasteiger partial charge in [0.1, 0.15) is 0 Å². The zero-order chi connectivity index (χ0) is 21.5. The zero-order valence-electron chi connectivity index (χ0n) is 19.9. The van der Waals surface area contributed by atoms with E-state index in [-0.39, 0.29) is 10.8 Å². The molecule has 0 atom stereocenters. The number of hydrogen-bond donors (Lipinski definition) is 0. The molecule has 4 heteroatoms. The number of ketones is 2. The van der Waals surface area contributed by atoms with Gasteiger partial charge < -0.3 is 0 Å². The monoisotopic (exact) mass is 438 g/mol. The van der Waals surface area contributed by atoms with Crippen LogP contribution >= 0.6 is 0 Å². The standard InChI is InChI=1S/C28H42N2O2/c31-25(27-11-19-5-20(12-27)7-21(6-19)13-27)17-29-3-1-2-4-30(29)18-26(32)28-14-22-8-23(15-28)10-24(9-22)16-28/h19-24H,1-18H2. The summed E-state index contributed by atoms with van der Waals surface area (Å²) in [5.74, 6) is 5.96. The van der Waals surface area contributed by atoms with Crippen LogP contribution in [0, 0.1) is 46.3 Å². The van der Waals surface area contributed by atoms with E-state index in [1.54, 1.807) is 0 Å². The third kappa shape index (κ3) is 3.29. The van der Waals surface area contributed by atoms with E-state index in [2.05, 4.69) is 10.0 Å². The van der Waals surface area contributed by atoms with Crippen LogP contribution in [0.25, 0.3) is 0 Å². The van der Waals surface area contributed by atoms with Crippen molar-refractivity contribution in [3.63, 3.8) is 0 Å². The van der Waals surface area contributed by atoms with Crippen LogP contribution in [0.15, 0.2) is 0 Å². The van der Waals surface area contributed by atoms with Crippen LogP contribution in [0.5, 0.6) is 0 Å². The SMILES string of the molecule is O=C(CN1CCCCN1CC(=O)C12CC3CC(CC(C3)C1)C2)C12CC3CC(CC(C3)C1)C2. The number of hydrazine groups is 1. The van der Waals surface area contributed by atoms with Crippen molar-refractivity contribution in [1.82, 2.24) is 10.0 Å². The molecule has 32 heavy (non-hydrogen) atoms. The first-order chi connectivity index (χ1) is 15.5. The van der Waals surface area contributed by atoms with Crippen molar-refractivity contribution in [2.45, 2.75) is 89.9 Å². The maximum absolute atomic E-state index is 13.8. The minimum Gasteiger partial charge on any atom is -0.298 e. The van der Waals surface area contributed by atoms with Crippen LogP contribution in [0.4, 0.5) is 0 Å². The van der Waals surface area contributed by atoms with Gasteiger partial charge in [0.25, 0.3) is 0 Å². The molecule has 0 amide bonds. The molecule has 9 fully saturated rings. The Hall–Kier alpha value is -0.740. The van der Waals surface area contributed by atoms with Crippen molar-refractivity contribution in [2.75, 3.05) is 26.2 Å². The minimum absolute atomic E-state index is 0.0121. The van der Waals surface area contributed by atoms with E-state index in [1.165, 1.54) is 77.0 Å². The van der Waals surface area contributed by atoms with Crippen LogP contribution in [0.2, 0.25) is 0 Å². The van der Waals surface area contributed by atoms with Crippen LogP contribution < -0.4 is 0 Å². The molecule has 8 aliphatic carbocycles. The molecule has 1 heterocycles. The van der Waals surface area contributed by atoms with Crippen molar-refractivity contribution in [1.29, 1.82) is 0 Å². The first-order valence-electron chi connectivity index (χ1n) is 14.1. The Kier molecular flexibility index (Phi) is 4.75. The molecule has 0 unspecified atom stereocenters. The molecule has 9 aliphatic rings. The second-order valence-electron chi connectivity index (χ2n) is 13.7. The summed E-state index contributed by atoms with van der Waals surface area (Å²) in [5.41, 5.74) is -0.0242. The van der Waals surface area contributed by atoms with Gasteiger partial charge >= 0.3 is 0 Å². The number of hydrogen-bond acceptors (Lipinski definition) is 4. The third-order valence-corrected chi connectivity index (χ3v) is 11.4. The molecule has 0 aromatic carbocycles. The van der Waals surface area contributed by atoms with Crippen LogP contribution in [-0.4, -0.2) is 47.8 Å². The van der Waals surface area contributed by atoms with E-state index >= 15 is 0 Å². The van der Waals surface area contributed by atoms with E-state index in [0.717, 1.165) is 61.4 Å². The van der Waals surface area contributed by atoms with Gasteiger partial charge in [-0.2, -0.15) is 0 Å². The van der Waals surface area contributed by atoms with Gasteiger partial charge in [0.05, 0.1) is 13.1 Å². The summed E-state index contributed by atoms with van der Waals surface area (Å²) in [4.78, 5) is 27.5. The molecule has 1 aliphatic heterocycles. The van der Waals surface area contributed by atoms with E-state index in [0.29, 0.717) is 24.7 Å². The molecule has 8 saturated carbocycles. The van der Waals surface area contributed by atoms with Gasteiger partial charge in [0, 0.05) is 23.9 Å². The molecule has 0 spiro atoms. The quantitative estimate of drug-likeness (QED) is 0.593. The summed E-state index contributed by atoms with van der Waals surface area (Å²) in [7, 11) is 0. The lowest BCUT2D eigenvalue weighted by molar-refractivity contribution is -0.159. The molecule has 0 radical (unpaired) electrons. The van der Waals surface area contributed by atoms with E-state index in [4.69, 9.17) is 0 Å². The van der Waals surface area contributed by atoms with Crippen LogP contribution in [0.3, 0.4) is 0 Å². The molecule has 9 rings (SSSR count). The Balaban J connectivity index is 1.05. The Morgan fingerprint density at radius 2 is 0.812 bits per heavy atom. The van der Waals surface area contributed by atoms with Crippen molar-refractivity contribution >= 4 is 11.6 Å². The van der Waals surface area contributed by atoms with E-state index in [1.807, 2.05) is 0 Å². The normalized spacial score (nSPS) is 49.6. The highest BCUT2D eigenvalue weighted by molar-refractivity contribution is 5.88. The first kappa shape index (κ1) is 20.6. The van der Waals surface area contributed by atoms with Crippen LogP contribution in [-0.2, 0) is 9.59 Å². The highest BCUT2D eigenvalue weighted by atomic mass is 16.1. The van der Waals surface area contributed by atoms with Gasteiger partial charge in [-0.15, -0.1) is 0 Å². The summed E-state index contributed by atoms with van der Waals surface area (Å²) in [5, 5.41) is 4.64. The molecule has 0 N–H and O–H groups in total. The maximum atomic E-state index is 13.8. The Morgan fingerprint density at radius 3 is 1.09 bits per heavy atom. The van der Waals surface area contributed by atoms with Crippen molar-refractivity contribution in [3.8, 4) is 0 Å². The van der Waals surface area contributed by atoms with Gasteiger partial charge in [-0.3, -0.25) is 9.59 Å². The topological polar surface area (TPSA) is 40.6 Å². The molecule has 176 valence electrons. The average molecular weight is 439 g/mol. The smallest absolute Gasteiger partial charge is 0.154 e. The largest absolute Gasteiger partial charge is 0.298 e. The highest BCUT2D eigenvalue weighted by Gasteiger charge is 2.56. The summed E-state index contributed by atoms with van der Waals surface area (Å²) < 4.78 is 0. The zero-order valence-corrected chi connectivity index (χ0v) is 19.9. The average Bonchev–Trinajstić information content (AvgIpc) is 2.73. The molecular formula is C28H42N2O2. The fourth-order valence-corrected chi connectivity index (χ4v) is 10.8. The summed E-state index contributed by atoms with van der Waals surface area (Å²) in [6.45, 7) is 3.07. The van der Waals surface area contributed by atoms with E-state index in [9.17, 15) is 9.59 Å². The number of nitrogens with zero attached hydrogens (tertiary/aromatic N) is 2. The van der Waals surface area contributed by atoms with Gasteiger partial charge in [-0.1, -0.05) is 0 Å². The third-order valence-electron chi connectivity index (χ3n) is 11.4. The lowest BCUT2D eigenvalue weighted by Gasteiger charge is -2.57. The van der Waals surface area contributed by atoms with Crippen molar-refractivity contribution in [2.24, 2.45) is 46.3 Å². The lowest BCUT2D eigenvalue weighted by atomic mass is 9.48. The molecule has 0 aromatic heterocycles. The summed E-state index contributed by atoms with van der Waals surface area (Å²) >= 11 is 0. The van der Waals surface area contributed by atoms with Gasteiger partial charge in [0.2, 0.25) is 0 Å². The number of rotatable bonds is 6. The second kappa shape index (κ2) is 7.38. The van der Waals surface area contributed by atoms with Crippen molar-refractivity contribution < 1.29 is 9.59 Å². The Labute approximate surface area is 193 Å². The van der Waals surface area contributed by atoms with Crippen molar-refractivity contribution in [3.05, 3.63) is 0 Å². The lowest BCUT2D eigenvalue weighted by Crippen LogP contribution is -2.58. The fourth-order valence-electron chi connectivity index (χ4n) is 10.8. The highest BCUT2D eigenvalue weighted by Crippen LogP contribution is 2.61. The van der Waals surface area contributed by atoms with Gasteiger partial charge in [0.15, 0.2) is 11.6 Å².